The molecular weight excluding hydrogens is 456 g/mol. The van der Waals surface area contributed by atoms with Crippen LogP contribution in [0.2, 0.25) is 0 Å². The number of thiazole rings is 1. The number of benzene rings is 3. The van der Waals surface area contributed by atoms with Crippen molar-refractivity contribution in [3.8, 4) is 0 Å². The summed E-state index contributed by atoms with van der Waals surface area (Å²) in [6, 6.07) is 25.5. The van der Waals surface area contributed by atoms with Crippen molar-refractivity contribution in [3.05, 3.63) is 132 Å². The van der Waals surface area contributed by atoms with E-state index < -0.39 is 0 Å². The summed E-state index contributed by atoms with van der Waals surface area (Å²) in [7, 11) is 1.36. The van der Waals surface area contributed by atoms with E-state index in [2.05, 4.69) is 36.4 Å². The number of ether oxygens (including phenoxy) is 1. The predicted octanol–water partition coefficient (Wildman–Crippen LogP) is 4.11. The van der Waals surface area contributed by atoms with Crippen molar-refractivity contribution >= 4 is 29.1 Å². The number of aromatic nitrogens is 1. The number of hydrogen-bond donors (Lipinski definition) is 0. The van der Waals surface area contributed by atoms with Gasteiger partial charge >= 0.3 is 5.97 Å². The van der Waals surface area contributed by atoms with Gasteiger partial charge in [-0.3, -0.25) is 9.36 Å². The minimum atomic E-state index is -0.385. The van der Waals surface area contributed by atoms with E-state index in [1.807, 2.05) is 41.0 Å². The standard InChI is InChI=1S/C29H22N2O3S/c1-34-28(33)21-13-11-18(12-14-21)17-24-27(32)31-26(20-8-3-2-4-9-20)23-16-15-19-7-5-6-10-22(19)25(23)30-29(31)35-24/h2-14,17,26H,15-16H2,1H3. The van der Waals surface area contributed by atoms with E-state index in [-0.39, 0.29) is 17.6 Å². The second kappa shape index (κ2) is 8.64. The molecule has 1 atom stereocenters. The van der Waals surface area contributed by atoms with Crippen molar-refractivity contribution in [2.24, 2.45) is 4.99 Å². The molecule has 0 amide bonds. The van der Waals surface area contributed by atoms with E-state index in [1.54, 1.807) is 12.1 Å². The predicted molar refractivity (Wildman–Crippen MR) is 137 cm³/mol. The Bertz CT molecular complexity index is 1660. The van der Waals surface area contributed by atoms with Gasteiger partial charge in [0.25, 0.3) is 5.56 Å². The largest absolute Gasteiger partial charge is 0.465 e. The highest BCUT2D eigenvalue weighted by molar-refractivity contribution is 7.07. The number of esters is 1. The van der Waals surface area contributed by atoms with Crippen molar-refractivity contribution in [3.63, 3.8) is 0 Å². The summed E-state index contributed by atoms with van der Waals surface area (Å²) in [4.78, 5) is 31.2. The molecule has 0 radical (unpaired) electrons. The molecule has 1 unspecified atom stereocenters. The number of aryl methyl sites for hydroxylation is 1. The Morgan fingerprint density at radius 2 is 1.74 bits per heavy atom. The van der Waals surface area contributed by atoms with Crippen LogP contribution < -0.4 is 14.9 Å². The zero-order valence-corrected chi connectivity index (χ0v) is 19.9. The van der Waals surface area contributed by atoms with Gasteiger partial charge in [-0.1, -0.05) is 78.1 Å². The molecule has 0 bridgehead atoms. The van der Waals surface area contributed by atoms with Crippen molar-refractivity contribution in [2.45, 2.75) is 18.9 Å². The fourth-order valence-corrected chi connectivity index (χ4v) is 5.94. The third-order valence-electron chi connectivity index (χ3n) is 6.62. The maximum absolute atomic E-state index is 13.7. The van der Waals surface area contributed by atoms with E-state index in [9.17, 15) is 9.59 Å². The highest BCUT2D eigenvalue weighted by Crippen LogP contribution is 2.41. The smallest absolute Gasteiger partial charge is 0.337 e. The molecule has 2 heterocycles. The normalized spacial score (nSPS) is 16.7. The molecule has 0 fully saturated rings. The average Bonchev–Trinajstić information content (AvgIpc) is 3.22. The number of carbonyl (C=O) groups excluding carboxylic acids is 1. The minimum absolute atomic E-state index is 0.0509. The van der Waals surface area contributed by atoms with E-state index in [1.165, 1.54) is 29.6 Å². The van der Waals surface area contributed by atoms with Gasteiger partial charge in [-0.25, -0.2) is 9.79 Å². The summed E-state index contributed by atoms with van der Waals surface area (Å²) in [6.45, 7) is 0. The first kappa shape index (κ1) is 21.5. The van der Waals surface area contributed by atoms with Crippen molar-refractivity contribution < 1.29 is 9.53 Å². The second-order valence-corrected chi connectivity index (χ2v) is 9.65. The fourth-order valence-electron chi connectivity index (χ4n) is 4.94. The second-order valence-electron chi connectivity index (χ2n) is 8.64. The molecule has 6 heteroatoms. The summed E-state index contributed by atoms with van der Waals surface area (Å²) >= 11 is 1.40. The molecule has 4 aromatic rings. The summed E-state index contributed by atoms with van der Waals surface area (Å²) in [5.74, 6) is -0.385. The van der Waals surface area contributed by atoms with Gasteiger partial charge in [0.2, 0.25) is 0 Å². The van der Waals surface area contributed by atoms with Crippen LogP contribution in [0.1, 0.15) is 45.1 Å². The topological polar surface area (TPSA) is 60.7 Å². The lowest BCUT2D eigenvalue weighted by Gasteiger charge is -2.30. The number of hydrogen-bond acceptors (Lipinski definition) is 5. The zero-order chi connectivity index (χ0) is 23.9. The Labute approximate surface area is 206 Å². The number of methoxy groups -OCH3 is 1. The summed E-state index contributed by atoms with van der Waals surface area (Å²) < 4.78 is 7.24. The number of nitrogens with zero attached hydrogens (tertiary/aromatic N) is 2. The van der Waals surface area contributed by atoms with Gasteiger partial charge in [-0.05, 0) is 53.3 Å². The quantitative estimate of drug-likeness (QED) is 0.417. The van der Waals surface area contributed by atoms with E-state index in [0.717, 1.165) is 35.2 Å². The molecule has 35 heavy (non-hydrogen) atoms. The Morgan fingerprint density at radius 1 is 1.00 bits per heavy atom. The number of allylic oxidation sites excluding steroid dienone is 1. The Kier molecular flexibility index (Phi) is 5.30. The van der Waals surface area contributed by atoms with Gasteiger partial charge in [0, 0.05) is 5.56 Å². The lowest BCUT2D eigenvalue weighted by atomic mass is 9.83. The Morgan fingerprint density at radius 3 is 2.51 bits per heavy atom. The van der Waals surface area contributed by atoms with E-state index in [4.69, 9.17) is 9.73 Å². The fraction of sp³-hybridized carbons (Fsp3) is 0.138. The van der Waals surface area contributed by atoms with Crippen LogP contribution >= 0.6 is 11.3 Å². The van der Waals surface area contributed by atoms with Crippen LogP contribution in [0, 0.1) is 0 Å². The minimum Gasteiger partial charge on any atom is -0.465 e. The third kappa shape index (κ3) is 3.67. The molecule has 6 rings (SSSR count). The number of carbonyl (C=O) groups is 1. The molecule has 3 aromatic carbocycles. The Hall–Kier alpha value is -4.03. The molecule has 1 aromatic heterocycles. The first-order chi connectivity index (χ1) is 17.1. The monoisotopic (exact) mass is 478 g/mol. The van der Waals surface area contributed by atoms with E-state index in [0.29, 0.717) is 14.9 Å². The molecule has 2 aliphatic rings. The van der Waals surface area contributed by atoms with Crippen LogP contribution in [0.3, 0.4) is 0 Å². The Balaban J connectivity index is 1.55. The van der Waals surface area contributed by atoms with Crippen molar-refractivity contribution in [1.29, 1.82) is 0 Å². The van der Waals surface area contributed by atoms with Gasteiger partial charge in [-0.15, -0.1) is 0 Å². The van der Waals surface area contributed by atoms with Crippen LogP contribution in [-0.2, 0) is 11.2 Å². The molecule has 5 nitrogen and oxygen atoms in total. The molecule has 1 aliphatic carbocycles. The highest BCUT2D eigenvalue weighted by atomic mass is 32.1. The van der Waals surface area contributed by atoms with Crippen LogP contribution in [0.5, 0.6) is 0 Å². The lowest BCUT2D eigenvalue weighted by Crippen LogP contribution is -2.38. The first-order valence-corrected chi connectivity index (χ1v) is 12.3. The van der Waals surface area contributed by atoms with Gasteiger partial charge in [-0.2, -0.15) is 0 Å². The van der Waals surface area contributed by atoms with Crippen LogP contribution in [0.4, 0.5) is 0 Å². The number of rotatable bonds is 3. The van der Waals surface area contributed by atoms with Crippen LogP contribution in [0.25, 0.3) is 11.8 Å². The van der Waals surface area contributed by atoms with Gasteiger partial charge < -0.3 is 4.74 Å². The first-order valence-electron chi connectivity index (χ1n) is 11.5. The van der Waals surface area contributed by atoms with Gasteiger partial charge in [0.15, 0.2) is 4.80 Å². The molecule has 0 N–H and O–H groups in total. The maximum Gasteiger partial charge on any atom is 0.337 e. The third-order valence-corrected chi connectivity index (χ3v) is 7.60. The van der Waals surface area contributed by atoms with Gasteiger partial charge in [0.05, 0.1) is 28.9 Å². The van der Waals surface area contributed by atoms with Crippen molar-refractivity contribution in [1.82, 2.24) is 4.57 Å². The summed E-state index contributed by atoms with van der Waals surface area (Å²) in [5.41, 5.74) is 6.99. The van der Waals surface area contributed by atoms with Crippen LogP contribution in [-0.4, -0.2) is 17.6 Å². The zero-order valence-electron chi connectivity index (χ0n) is 19.1. The molecule has 0 spiro atoms. The summed E-state index contributed by atoms with van der Waals surface area (Å²) in [6.07, 6.45) is 3.67. The van der Waals surface area contributed by atoms with Crippen molar-refractivity contribution in [2.75, 3.05) is 7.11 Å². The van der Waals surface area contributed by atoms with Gasteiger partial charge in [0.1, 0.15) is 0 Å². The van der Waals surface area contributed by atoms with Crippen LogP contribution in [0.15, 0.2) is 94.2 Å². The molecular formula is C29H22N2O3S. The average molecular weight is 479 g/mol. The molecule has 0 saturated carbocycles. The van der Waals surface area contributed by atoms with E-state index >= 15 is 0 Å². The molecule has 1 aliphatic heterocycles. The molecule has 172 valence electrons. The lowest BCUT2D eigenvalue weighted by molar-refractivity contribution is 0.0600. The summed E-state index contributed by atoms with van der Waals surface area (Å²) in [5, 5.41) is 0. The SMILES string of the molecule is COC(=O)c1ccc(C=c2sc3n(c2=O)C(c2ccccc2)C2=C(N=3)c3ccccc3CC2)cc1. The molecule has 0 saturated heterocycles. The number of fused-ring (bicyclic) bond motifs is 3. The maximum atomic E-state index is 13.7. The highest BCUT2D eigenvalue weighted by Gasteiger charge is 2.32.